The molecule has 0 saturated heterocycles. The Morgan fingerprint density at radius 2 is 1.37 bits per heavy atom. The maximum absolute atomic E-state index is 6.74. The lowest BCUT2D eigenvalue weighted by Crippen LogP contribution is -2.24. The second-order valence-electron chi connectivity index (χ2n) is 12.1. The van der Waals surface area contributed by atoms with Gasteiger partial charge in [-0.25, -0.2) is 0 Å². The number of rotatable bonds is 8. The first kappa shape index (κ1) is 28.5. The minimum Gasteiger partial charge on any atom is -0.488 e. The molecule has 0 heterocycles. The smallest absolute Gasteiger partial charge is 0.131 e. The van der Waals surface area contributed by atoms with E-state index in [0.717, 1.165) is 20.5 Å². The van der Waals surface area contributed by atoms with E-state index >= 15 is 0 Å². The Morgan fingerprint density at radius 1 is 0.711 bits per heavy atom. The molecule has 4 aromatic carbocycles. The summed E-state index contributed by atoms with van der Waals surface area (Å²) in [4.78, 5) is 0. The van der Waals surface area contributed by atoms with Gasteiger partial charge in [-0.1, -0.05) is 144 Å². The summed E-state index contributed by atoms with van der Waals surface area (Å²) in [7, 11) is 1.30. The van der Waals surface area contributed by atoms with Crippen LogP contribution in [-0.2, 0) is 23.6 Å². The van der Waals surface area contributed by atoms with Crippen LogP contribution >= 0.6 is 17.2 Å². The Bertz CT molecular complexity index is 1350. The van der Waals surface area contributed by atoms with Crippen molar-refractivity contribution >= 4 is 33.1 Å². The Balaban J connectivity index is 1.78. The van der Waals surface area contributed by atoms with Crippen LogP contribution in [-0.4, -0.2) is 0 Å². The molecule has 0 saturated carbocycles. The van der Waals surface area contributed by atoms with Crippen LogP contribution in [0.3, 0.4) is 0 Å². The summed E-state index contributed by atoms with van der Waals surface area (Å²) < 4.78 is 6.74. The fourth-order valence-corrected chi connectivity index (χ4v) is 7.26. The zero-order valence-electron chi connectivity index (χ0n) is 24.0. The first-order chi connectivity index (χ1) is 18.0. The Labute approximate surface area is 234 Å². The van der Waals surface area contributed by atoms with Crippen LogP contribution in [0.25, 0.3) is 0 Å². The summed E-state index contributed by atoms with van der Waals surface area (Å²) >= 11 is 0. The van der Waals surface area contributed by atoms with E-state index in [1.165, 1.54) is 43.7 Å². The number of hydrogen-bond acceptors (Lipinski definition) is 1. The number of hydrogen-bond donors (Lipinski definition) is 0. The van der Waals surface area contributed by atoms with Gasteiger partial charge >= 0.3 is 0 Å². The van der Waals surface area contributed by atoms with Gasteiger partial charge in [-0.15, -0.1) is 0 Å². The summed E-state index contributed by atoms with van der Waals surface area (Å²) in [5.41, 5.74) is 6.71. The third-order valence-corrected chi connectivity index (χ3v) is 9.77. The third kappa shape index (κ3) is 7.34. The van der Waals surface area contributed by atoms with E-state index in [0.29, 0.717) is 15.2 Å². The van der Waals surface area contributed by atoms with Gasteiger partial charge in [0.25, 0.3) is 0 Å². The second kappa shape index (κ2) is 12.2. The first-order valence-electron chi connectivity index (χ1n) is 13.5. The van der Waals surface area contributed by atoms with E-state index in [1.807, 2.05) is 0 Å². The third-order valence-electron chi connectivity index (χ3n) is 6.86. The van der Waals surface area contributed by atoms with Crippen molar-refractivity contribution in [3.63, 3.8) is 0 Å². The van der Waals surface area contributed by atoms with Crippen molar-refractivity contribution in [3.8, 4) is 5.75 Å². The fourth-order valence-electron chi connectivity index (χ4n) is 4.54. The molecule has 3 heteroatoms. The van der Waals surface area contributed by atoms with Crippen LogP contribution in [0, 0.1) is 6.92 Å². The highest BCUT2D eigenvalue weighted by atomic mass is 31.1. The molecule has 4 aromatic rings. The Kier molecular flexibility index (Phi) is 9.13. The van der Waals surface area contributed by atoms with Gasteiger partial charge in [0.05, 0.1) is 0 Å². The summed E-state index contributed by atoms with van der Waals surface area (Å²) in [5, 5.41) is 4.20. The van der Waals surface area contributed by atoms with Crippen LogP contribution in [0.2, 0.25) is 0 Å². The van der Waals surface area contributed by atoms with E-state index < -0.39 is 0 Å². The molecule has 0 fully saturated rings. The van der Waals surface area contributed by atoms with Crippen molar-refractivity contribution < 1.29 is 4.74 Å². The van der Waals surface area contributed by atoms with E-state index in [4.69, 9.17) is 4.74 Å². The highest BCUT2D eigenvalue weighted by molar-refractivity contribution is 7.56. The predicted octanol–water partition coefficient (Wildman–Crippen LogP) is 8.30. The van der Waals surface area contributed by atoms with Gasteiger partial charge in [0, 0.05) is 10.9 Å². The van der Waals surface area contributed by atoms with Crippen LogP contribution in [0.4, 0.5) is 0 Å². The van der Waals surface area contributed by atoms with Gasteiger partial charge in [-0.3, -0.25) is 0 Å². The van der Waals surface area contributed by atoms with Gasteiger partial charge in [0.1, 0.15) is 12.4 Å². The van der Waals surface area contributed by atoms with Gasteiger partial charge < -0.3 is 4.74 Å². The summed E-state index contributed by atoms with van der Waals surface area (Å²) in [6, 6.07) is 33.0. The SMILES string of the molecule is Cc1cccc(CPc2ccccc2)c1Pc1cc(C(C)(C)C)cc(C(C)(C)C)c1OCc1ccccc1. The van der Waals surface area contributed by atoms with Crippen molar-refractivity contribution in [3.05, 3.63) is 119 Å². The van der Waals surface area contributed by atoms with Gasteiger partial charge in [0.2, 0.25) is 0 Å². The normalized spacial score (nSPS) is 12.6. The molecule has 1 nitrogen and oxygen atoms in total. The molecule has 0 amide bonds. The molecular formula is C35H42OP2. The van der Waals surface area contributed by atoms with Crippen molar-refractivity contribution in [2.45, 2.75) is 72.1 Å². The molecule has 0 bridgehead atoms. The van der Waals surface area contributed by atoms with Crippen LogP contribution in [0.5, 0.6) is 5.75 Å². The molecule has 0 spiro atoms. The molecule has 38 heavy (non-hydrogen) atoms. The van der Waals surface area contributed by atoms with E-state index in [2.05, 4.69) is 139 Å². The lowest BCUT2D eigenvalue weighted by molar-refractivity contribution is 0.300. The topological polar surface area (TPSA) is 9.23 Å². The molecule has 0 aliphatic heterocycles. The maximum Gasteiger partial charge on any atom is 0.131 e. The monoisotopic (exact) mass is 540 g/mol. The molecule has 2 unspecified atom stereocenters. The minimum atomic E-state index is -0.0320. The van der Waals surface area contributed by atoms with Gasteiger partial charge in [-0.2, -0.15) is 0 Å². The van der Waals surface area contributed by atoms with E-state index in [-0.39, 0.29) is 10.8 Å². The first-order valence-corrected chi connectivity index (χ1v) is 15.7. The van der Waals surface area contributed by atoms with Crippen molar-refractivity contribution in [2.75, 3.05) is 0 Å². The summed E-state index contributed by atoms with van der Waals surface area (Å²) in [6.45, 7) is 16.7. The Hall–Kier alpha value is -2.46. The van der Waals surface area contributed by atoms with E-state index in [1.54, 1.807) is 0 Å². The highest BCUT2D eigenvalue weighted by Gasteiger charge is 2.27. The zero-order valence-corrected chi connectivity index (χ0v) is 26.0. The van der Waals surface area contributed by atoms with Gasteiger partial charge in [0.15, 0.2) is 0 Å². The lowest BCUT2D eigenvalue weighted by Gasteiger charge is -2.30. The van der Waals surface area contributed by atoms with E-state index in [9.17, 15) is 0 Å². The lowest BCUT2D eigenvalue weighted by atomic mass is 9.80. The minimum absolute atomic E-state index is 0.0320. The number of aryl methyl sites for hydroxylation is 1. The molecule has 2 atom stereocenters. The Morgan fingerprint density at radius 3 is 2.00 bits per heavy atom. The van der Waals surface area contributed by atoms with Crippen molar-refractivity contribution in [2.24, 2.45) is 0 Å². The average Bonchev–Trinajstić information content (AvgIpc) is 2.88. The molecule has 0 radical (unpaired) electrons. The van der Waals surface area contributed by atoms with Crippen molar-refractivity contribution in [1.29, 1.82) is 0 Å². The number of ether oxygens (including phenoxy) is 1. The molecule has 0 aliphatic carbocycles. The standard InChI is InChI=1S/C35H42OP2/c1-25-15-14-18-27(24-37-29-19-12-9-13-20-29)33(25)38-31-22-28(34(2,3)4)21-30(35(5,6)7)32(31)36-23-26-16-10-8-11-17-26/h8-22,37-38H,23-24H2,1-7H3. The number of benzene rings is 4. The molecule has 198 valence electrons. The second-order valence-corrected chi connectivity index (χ2v) is 14.7. The zero-order chi connectivity index (χ0) is 27.3. The van der Waals surface area contributed by atoms with Crippen LogP contribution < -0.4 is 20.7 Å². The maximum atomic E-state index is 6.74. The van der Waals surface area contributed by atoms with Gasteiger partial charge in [-0.05, 0) is 62.8 Å². The quantitative estimate of drug-likeness (QED) is 0.204. The molecule has 0 aromatic heterocycles. The summed E-state index contributed by atoms with van der Waals surface area (Å²) in [6.07, 6.45) is 1.07. The molecule has 0 N–H and O–H groups in total. The molecule has 0 aliphatic rings. The largest absolute Gasteiger partial charge is 0.488 e. The highest BCUT2D eigenvalue weighted by Crippen LogP contribution is 2.38. The molecule has 4 rings (SSSR count). The summed E-state index contributed by atoms with van der Waals surface area (Å²) in [5.74, 6) is 1.06. The average molecular weight is 541 g/mol. The van der Waals surface area contributed by atoms with Crippen LogP contribution in [0.1, 0.15) is 69.4 Å². The predicted molar refractivity (Wildman–Crippen MR) is 171 cm³/mol. The molecular weight excluding hydrogens is 498 g/mol. The van der Waals surface area contributed by atoms with Crippen molar-refractivity contribution in [1.82, 2.24) is 0 Å². The fraction of sp³-hybridized carbons (Fsp3) is 0.314. The van der Waals surface area contributed by atoms with Crippen LogP contribution in [0.15, 0.2) is 91.0 Å².